The van der Waals surface area contributed by atoms with E-state index in [1.54, 1.807) is 0 Å². The van der Waals surface area contributed by atoms with Crippen molar-refractivity contribution >= 4 is 11.9 Å². The predicted molar refractivity (Wildman–Crippen MR) is 93.1 cm³/mol. The summed E-state index contributed by atoms with van der Waals surface area (Å²) in [5, 5.41) is 19.9. The summed E-state index contributed by atoms with van der Waals surface area (Å²) in [4.78, 5) is 20.4. The Balaban J connectivity index is 3.01. The lowest BCUT2D eigenvalue weighted by Crippen LogP contribution is -2.25. The number of hydrogen-bond acceptors (Lipinski definition) is 9. The van der Waals surface area contributed by atoms with Gasteiger partial charge < -0.3 is 44.0 Å². The zero-order valence-corrected chi connectivity index (χ0v) is 15.6. The molecule has 160 valence electrons. The Morgan fingerprint density at radius 2 is 0.815 bits per heavy atom. The van der Waals surface area contributed by atoms with Crippen LogP contribution in [0.4, 0.5) is 0 Å². The van der Waals surface area contributed by atoms with Gasteiger partial charge in [0.05, 0.1) is 66.1 Å². The smallest absolute Gasteiger partial charge is 0.329 e. The molecule has 0 amide bonds. The third-order valence-electron chi connectivity index (χ3n) is 2.79. The maximum atomic E-state index is 10.2. The molecule has 0 aliphatic rings. The molecule has 0 bridgehead atoms. The Morgan fingerprint density at radius 1 is 0.519 bits per heavy atom. The highest BCUT2D eigenvalue weighted by molar-refractivity contribution is 5.68. The van der Waals surface area contributed by atoms with Gasteiger partial charge in [-0.1, -0.05) is 0 Å². The van der Waals surface area contributed by atoms with Crippen LogP contribution in [-0.4, -0.2) is 115 Å². The van der Waals surface area contributed by atoms with Crippen LogP contribution in [0, 0.1) is 0 Å². The van der Waals surface area contributed by atoms with Crippen LogP contribution in [0.5, 0.6) is 0 Å². The number of carboxylic acids is 2. The second kappa shape index (κ2) is 21.0. The van der Waals surface area contributed by atoms with E-state index in [9.17, 15) is 9.59 Å². The van der Waals surface area contributed by atoms with E-state index in [1.807, 2.05) is 0 Å². The van der Waals surface area contributed by atoms with Crippen molar-refractivity contribution in [3.05, 3.63) is 0 Å². The molecule has 0 aromatic heterocycles. The van der Waals surface area contributed by atoms with E-state index in [0.29, 0.717) is 65.9 Å². The summed E-state index contributed by atoms with van der Waals surface area (Å²) in [7, 11) is 0. The molecule has 0 fully saturated rings. The normalized spacial score (nSPS) is 11.0. The van der Waals surface area contributed by atoms with Crippen LogP contribution >= 0.6 is 0 Å². The fraction of sp³-hybridized carbons (Fsp3) is 0.875. The van der Waals surface area contributed by atoms with E-state index < -0.39 is 11.9 Å². The first-order valence-electron chi connectivity index (χ1n) is 8.73. The highest BCUT2D eigenvalue weighted by atomic mass is 16.6. The molecular weight excluding hydrogens is 366 g/mol. The second-order valence-corrected chi connectivity index (χ2v) is 5.09. The lowest BCUT2D eigenvalue weighted by Gasteiger charge is -2.08. The number of carbonyl (C=O) groups is 2. The minimum absolute atomic E-state index is 0.247. The number of hydrogen-bond donors (Lipinski definition) is 3. The topological polar surface area (TPSA) is 142 Å². The molecule has 0 saturated heterocycles. The van der Waals surface area contributed by atoms with Gasteiger partial charge in [-0.05, 0) is 0 Å². The van der Waals surface area contributed by atoms with Gasteiger partial charge in [0, 0.05) is 13.1 Å². The van der Waals surface area contributed by atoms with Crippen molar-refractivity contribution in [2.75, 3.05) is 92.4 Å². The molecule has 0 aromatic carbocycles. The number of aliphatic carboxylic acids is 2. The maximum Gasteiger partial charge on any atom is 0.329 e. The molecular formula is C16H31NO10. The number of rotatable bonds is 22. The predicted octanol–water partition coefficient (Wildman–Crippen LogP) is -1.16. The Labute approximate surface area is 158 Å². The van der Waals surface area contributed by atoms with Crippen molar-refractivity contribution in [1.82, 2.24) is 5.32 Å². The molecule has 11 heteroatoms. The number of ether oxygens (including phenoxy) is 6. The summed E-state index contributed by atoms with van der Waals surface area (Å²) in [5.41, 5.74) is 0. The highest BCUT2D eigenvalue weighted by Gasteiger charge is 1.97. The number of nitrogens with one attached hydrogen (secondary N) is 1. The van der Waals surface area contributed by atoms with Crippen LogP contribution in [0.25, 0.3) is 0 Å². The van der Waals surface area contributed by atoms with E-state index in [4.69, 9.17) is 38.6 Å². The fourth-order valence-corrected chi connectivity index (χ4v) is 1.61. The van der Waals surface area contributed by atoms with Gasteiger partial charge in [0.25, 0.3) is 0 Å². The van der Waals surface area contributed by atoms with Crippen molar-refractivity contribution in [2.24, 2.45) is 0 Å². The fourth-order valence-electron chi connectivity index (χ4n) is 1.61. The third kappa shape index (κ3) is 24.7. The Kier molecular flexibility index (Phi) is 19.9. The summed E-state index contributed by atoms with van der Waals surface area (Å²) in [5.74, 6) is -1.99. The van der Waals surface area contributed by atoms with Crippen molar-refractivity contribution in [2.45, 2.75) is 0 Å². The zero-order chi connectivity index (χ0) is 20.0. The van der Waals surface area contributed by atoms with Gasteiger partial charge in [-0.15, -0.1) is 0 Å². The second-order valence-electron chi connectivity index (χ2n) is 5.09. The Bertz CT molecular complexity index is 324. The molecule has 11 nitrogen and oxygen atoms in total. The van der Waals surface area contributed by atoms with Gasteiger partial charge in [0.2, 0.25) is 0 Å². The molecule has 0 heterocycles. The van der Waals surface area contributed by atoms with Gasteiger partial charge in [-0.25, -0.2) is 9.59 Å². The quantitative estimate of drug-likeness (QED) is 0.191. The third-order valence-corrected chi connectivity index (χ3v) is 2.79. The van der Waals surface area contributed by atoms with Crippen molar-refractivity contribution < 1.29 is 48.2 Å². The van der Waals surface area contributed by atoms with Gasteiger partial charge >= 0.3 is 11.9 Å². The zero-order valence-electron chi connectivity index (χ0n) is 15.6. The van der Waals surface area contributed by atoms with Crippen LogP contribution in [0.2, 0.25) is 0 Å². The number of carboxylic acid groups (broad SMARTS) is 2. The molecule has 3 N–H and O–H groups in total. The van der Waals surface area contributed by atoms with Crippen LogP contribution in [0.3, 0.4) is 0 Å². The van der Waals surface area contributed by atoms with Gasteiger partial charge in [-0.3, -0.25) is 0 Å². The van der Waals surface area contributed by atoms with E-state index in [2.05, 4.69) is 5.32 Å². The van der Waals surface area contributed by atoms with Crippen molar-refractivity contribution in [3.8, 4) is 0 Å². The SMILES string of the molecule is O=C(O)COCCOCCOCCNCCOCCOCCOCC(=O)O. The maximum absolute atomic E-state index is 10.2. The molecule has 0 aliphatic heterocycles. The summed E-state index contributed by atoms with van der Waals surface area (Å²) in [6.45, 7) is 4.84. The standard InChI is InChI=1S/C16H31NO10/c18-15(19)13-26-11-9-24-7-5-22-3-1-17-2-4-23-6-8-25-10-12-27-14-16(20)21/h17H,1-14H2,(H,18,19)(H,20,21). The highest BCUT2D eigenvalue weighted by Crippen LogP contribution is 1.83. The van der Waals surface area contributed by atoms with Gasteiger partial charge in [0.1, 0.15) is 13.2 Å². The molecule has 0 aromatic rings. The van der Waals surface area contributed by atoms with E-state index in [0.717, 1.165) is 0 Å². The lowest BCUT2D eigenvalue weighted by molar-refractivity contribution is -0.143. The Hall–Kier alpha value is -1.34. The minimum Gasteiger partial charge on any atom is -0.480 e. The van der Waals surface area contributed by atoms with Crippen LogP contribution in [-0.2, 0) is 38.0 Å². The molecule has 0 aliphatic carbocycles. The first kappa shape index (κ1) is 25.7. The molecule has 0 radical (unpaired) electrons. The molecule has 0 atom stereocenters. The molecule has 0 unspecified atom stereocenters. The van der Waals surface area contributed by atoms with Gasteiger partial charge in [0.15, 0.2) is 0 Å². The van der Waals surface area contributed by atoms with Crippen LogP contribution < -0.4 is 5.32 Å². The van der Waals surface area contributed by atoms with Crippen molar-refractivity contribution in [1.29, 1.82) is 0 Å². The van der Waals surface area contributed by atoms with E-state index in [-0.39, 0.29) is 26.4 Å². The van der Waals surface area contributed by atoms with Crippen molar-refractivity contribution in [3.63, 3.8) is 0 Å². The molecule has 27 heavy (non-hydrogen) atoms. The molecule has 0 rings (SSSR count). The Morgan fingerprint density at radius 3 is 1.15 bits per heavy atom. The largest absolute Gasteiger partial charge is 0.480 e. The summed E-state index contributed by atoms with van der Waals surface area (Å²) < 4.78 is 30.8. The summed E-state index contributed by atoms with van der Waals surface area (Å²) in [6, 6.07) is 0. The minimum atomic E-state index is -0.996. The first-order valence-corrected chi connectivity index (χ1v) is 8.73. The summed E-state index contributed by atoms with van der Waals surface area (Å²) >= 11 is 0. The monoisotopic (exact) mass is 397 g/mol. The molecule has 0 spiro atoms. The van der Waals surface area contributed by atoms with E-state index in [1.165, 1.54) is 0 Å². The lowest BCUT2D eigenvalue weighted by atomic mass is 10.6. The van der Waals surface area contributed by atoms with Crippen LogP contribution in [0.15, 0.2) is 0 Å². The first-order chi connectivity index (χ1) is 13.1. The van der Waals surface area contributed by atoms with E-state index >= 15 is 0 Å². The van der Waals surface area contributed by atoms with Crippen LogP contribution in [0.1, 0.15) is 0 Å². The summed E-state index contributed by atoms with van der Waals surface area (Å²) in [6.07, 6.45) is 0. The average molecular weight is 397 g/mol. The molecule has 0 saturated carbocycles. The average Bonchev–Trinajstić information content (AvgIpc) is 2.62. The van der Waals surface area contributed by atoms with Gasteiger partial charge in [-0.2, -0.15) is 0 Å².